The first-order valence-corrected chi connectivity index (χ1v) is 14.4. The Kier molecular flexibility index (Phi) is 12.2. The molecule has 0 aliphatic carbocycles. The molecule has 3 rings (SSSR count). The van der Waals surface area contributed by atoms with Crippen LogP contribution in [-0.2, 0) is 33.8 Å². The van der Waals surface area contributed by atoms with Crippen LogP contribution in [0.1, 0.15) is 56.7 Å². The van der Waals surface area contributed by atoms with Crippen LogP contribution < -0.4 is 10.6 Å². The lowest BCUT2D eigenvalue weighted by molar-refractivity contribution is -0.157. The van der Waals surface area contributed by atoms with E-state index in [0.29, 0.717) is 19.5 Å². The van der Waals surface area contributed by atoms with Gasteiger partial charge in [0.15, 0.2) is 0 Å². The van der Waals surface area contributed by atoms with E-state index in [9.17, 15) is 28.3 Å². The predicted molar refractivity (Wildman–Crippen MR) is 153 cm³/mol. The molecule has 0 spiro atoms. The summed E-state index contributed by atoms with van der Waals surface area (Å²) in [5.41, 5.74) is 2.49. The van der Waals surface area contributed by atoms with Crippen molar-refractivity contribution in [2.75, 3.05) is 26.2 Å². The van der Waals surface area contributed by atoms with E-state index in [2.05, 4.69) is 23.6 Å². The zero-order valence-corrected chi connectivity index (χ0v) is 24.2. The maximum atomic E-state index is 13.9. The summed E-state index contributed by atoms with van der Waals surface area (Å²) in [5, 5.41) is 16.9. The first-order valence-electron chi connectivity index (χ1n) is 14.4. The number of rotatable bonds is 15. The van der Waals surface area contributed by atoms with Crippen LogP contribution in [0.15, 0.2) is 42.5 Å². The standard InChI is InChI=1S/C31H42F2N4O4/c1-4-7-11-37-27(6-3)31(41)36(20-30(37)40)19-29(39)35-26(15-23-13-24(32)16-25(33)14-23)28(38)18-34-17-22-10-8-9-21(5-2)12-22/h8-10,12-14,16,26-28,34,38H,4-7,11,15,17-20H2,1-3H3,(H,35,39)/t26-,27+,28+/m0/s1. The summed E-state index contributed by atoms with van der Waals surface area (Å²) in [6.07, 6.45) is 1.87. The van der Waals surface area contributed by atoms with Crippen molar-refractivity contribution >= 4 is 17.7 Å². The number of carbonyl (C=O) groups is 3. The molecule has 0 aromatic heterocycles. The molecular weight excluding hydrogens is 530 g/mol. The number of benzene rings is 2. The third kappa shape index (κ3) is 9.33. The number of aliphatic hydroxyl groups excluding tert-OH is 1. The van der Waals surface area contributed by atoms with Gasteiger partial charge < -0.3 is 25.5 Å². The SMILES string of the molecule is CCCCN1C(=O)CN(CC(=O)N[C@@H](Cc2cc(F)cc(F)c2)[C@H](O)CNCc2cccc(CC)c2)C(=O)[C@H]1CC. The molecule has 2 aromatic carbocycles. The van der Waals surface area contributed by atoms with Crippen LogP contribution in [0.2, 0.25) is 0 Å². The smallest absolute Gasteiger partial charge is 0.246 e. The Morgan fingerprint density at radius 1 is 1.05 bits per heavy atom. The number of carbonyl (C=O) groups excluding carboxylic acids is 3. The highest BCUT2D eigenvalue weighted by Gasteiger charge is 2.38. The van der Waals surface area contributed by atoms with Crippen molar-refractivity contribution < 1.29 is 28.3 Å². The second kappa shape index (κ2) is 15.6. The van der Waals surface area contributed by atoms with Gasteiger partial charge >= 0.3 is 0 Å². The highest BCUT2D eigenvalue weighted by atomic mass is 19.1. The van der Waals surface area contributed by atoms with E-state index in [4.69, 9.17) is 0 Å². The molecule has 8 nitrogen and oxygen atoms in total. The summed E-state index contributed by atoms with van der Waals surface area (Å²) >= 11 is 0. The van der Waals surface area contributed by atoms with Gasteiger partial charge in [-0.15, -0.1) is 0 Å². The van der Waals surface area contributed by atoms with Crippen molar-refractivity contribution in [1.29, 1.82) is 0 Å². The number of hydrogen-bond donors (Lipinski definition) is 3. The van der Waals surface area contributed by atoms with Crippen molar-refractivity contribution in [3.63, 3.8) is 0 Å². The first kappa shape index (κ1) is 32.1. The van der Waals surface area contributed by atoms with Gasteiger partial charge in [0.2, 0.25) is 17.7 Å². The summed E-state index contributed by atoms with van der Waals surface area (Å²) in [7, 11) is 0. The van der Waals surface area contributed by atoms with Crippen molar-refractivity contribution in [2.24, 2.45) is 0 Å². The Balaban J connectivity index is 1.68. The maximum Gasteiger partial charge on any atom is 0.246 e. The molecule has 41 heavy (non-hydrogen) atoms. The van der Waals surface area contributed by atoms with Crippen LogP contribution in [0.25, 0.3) is 0 Å². The maximum absolute atomic E-state index is 13.9. The minimum atomic E-state index is -1.11. The molecule has 224 valence electrons. The third-order valence-electron chi connectivity index (χ3n) is 7.36. The molecule has 1 aliphatic rings. The van der Waals surface area contributed by atoms with Gasteiger partial charge in [0.1, 0.15) is 30.8 Å². The van der Waals surface area contributed by atoms with Crippen LogP contribution in [0.5, 0.6) is 0 Å². The first-order chi connectivity index (χ1) is 19.6. The lowest BCUT2D eigenvalue weighted by atomic mass is 10.00. The van der Waals surface area contributed by atoms with E-state index >= 15 is 0 Å². The molecule has 3 N–H and O–H groups in total. The van der Waals surface area contributed by atoms with Gasteiger partial charge in [-0.25, -0.2) is 8.78 Å². The van der Waals surface area contributed by atoms with Crippen molar-refractivity contribution in [3.8, 4) is 0 Å². The van der Waals surface area contributed by atoms with Gasteiger partial charge in [-0.1, -0.05) is 51.5 Å². The highest BCUT2D eigenvalue weighted by Crippen LogP contribution is 2.17. The van der Waals surface area contributed by atoms with Crippen LogP contribution in [0, 0.1) is 11.6 Å². The molecule has 1 saturated heterocycles. The van der Waals surface area contributed by atoms with E-state index < -0.39 is 35.7 Å². The second-order valence-electron chi connectivity index (χ2n) is 10.6. The predicted octanol–water partition coefficient (Wildman–Crippen LogP) is 2.95. The third-order valence-corrected chi connectivity index (χ3v) is 7.36. The normalized spacial score (nSPS) is 17.1. The van der Waals surface area contributed by atoms with Gasteiger partial charge in [-0.2, -0.15) is 0 Å². The van der Waals surface area contributed by atoms with E-state index in [-0.39, 0.29) is 43.4 Å². The number of unbranched alkanes of at least 4 members (excludes halogenated alkanes) is 1. The van der Waals surface area contributed by atoms with E-state index in [1.165, 1.54) is 10.5 Å². The quantitative estimate of drug-likeness (QED) is 0.305. The molecule has 0 radical (unpaired) electrons. The molecule has 3 atom stereocenters. The van der Waals surface area contributed by atoms with Crippen molar-refractivity contribution in [3.05, 3.63) is 70.8 Å². The van der Waals surface area contributed by atoms with Gasteiger partial charge in [0, 0.05) is 25.7 Å². The Morgan fingerprint density at radius 3 is 2.41 bits per heavy atom. The second-order valence-corrected chi connectivity index (χ2v) is 10.6. The molecular formula is C31H42F2N4O4. The summed E-state index contributed by atoms with van der Waals surface area (Å²) in [6, 6.07) is 9.58. The fourth-order valence-electron chi connectivity index (χ4n) is 5.15. The Labute approximate surface area is 241 Å². The molecule has 0 saturated carbocycles. The monoisotopic (exact) mass is 572 g/mol. The van der Waals surface area contributed by atoms with Crippen LogP contribution in [0.4, 0.5) is 8.78 Å². The van der Waals surface area contributed by atoms with E-state index in [1.807, 2.05) is 32.0 Å². The number of hydrogen-bond acceptors (Lipinski definition) is 5. The molecule has 1 heterocycles. The minimum Gasteiger partial charge on any atom is -0.390 e. The average Bonchev–Trinajstić information content (AvgIpc) is 2.93. The van der Waals surface area contributed by atoms with Crippen LogP contribution in [0.3, 0.4) is 0 Å². The van der Waals surface area contributed by atoms with E-state index in [1.54, 1.807) is 4.90 Å². The summed E-state index contributed by atoms with van der Waals surface area (Å²) in [5.74, 6) is -2.59. The summed E-state index contributed by atoms with van der Waals surface area (Å²) in [6.45, 7) is 6.42. The molecule has 1 aliphatic heterocycles. The molecule has 0 unspecified atom stereocenters. The number of nitrogens with zero attached hydrogens (tertiary/aromatic N) is 2. The fraction of sp³-hybridized carbons (Fsp3) is 0.516. The Morgan fingerprint density at radius 2 is 1.76 bits per heavy atom. The van der Waals surface area contributed by atoms with E-state index in [0.717, 1.165) is 43.0 Å². The molecule has 10 heteroatoms. The number of nitrogens with one attached hydrogen (secondary N) is 2. The van der Waals surface area contributed by atoms with Gasteiger partial charge in [-0.3, -0.25) is 14.4 Å². The fourth-order valence-corrected chi connectivity index (χ4v) is 5.15. The zero-order valence-electron chi connectivity index (χ0n) is 24.2. The molecule has 3 amide bonds. The Hall–Kier alpha value is -3.37. The van der Waals surface area contributed by atoms with Crippen molar-refractivity contribution in [1.82, 2.24) is 20.4 Å². The molecule has 1 fully saturated rings. The van der Waals surface area contributed by atoms with Gasteiger partial charge in [0.25, 0.3) is 0 Å². The molecule has 0 bridgehead atoms. The number of piperazine rings is 1. The lowest BCUT2D eigenvalue weighted by Crippen LogP contribution is -2.61. The molecule has 2 aromatic rings. The zero-order chi connectivity index (χ0) is 29.9. The highest BCUT2D eigenvalue weighted by molar-refractivity contribution is 5.97. The lowest BCUT2D eigenvalue weighted by Gasteiger charge is -2.40. The minimum absolute atomic E-state index is 0.0379. The van der Waals surface area contributed by atoms with Crippen LogP contribution >= 0.6 is 0 Å². The average molecular weight is 573 g/mol. The Bertz CT molecular complexity index is 1170. The number of amides is 3. The number of aryl methyl sites for hydroxylation is 1. The largest absolute Gasteiger partial charge is 0.390 e. The van der Waals surface area contributed by atoms with Crippen LogP contribution in [-0.4, -0.2) is 77.0 Å². The summed E-state index contributed by atoms with van der Waals surface area (Å²) in [4.78, 5) is 41.9. The summed E-state index contributed by atoms with van der Waals surface area (Å²) < 4.78 is 27.8. The van der Waals surface area contributed by atoms with Crippen molar-refractivity contribution in [2.45, 2.75) is 77.6 Å². The van der Waals surface area contributed by atoms with Gasteiger partial charge in [0.05, 0.1) is 12.1 Å². The number of halogens is 2. The topological polar surface area (TPSA) is 102 Å². The number of aliphatic hydroxyl groups is 1. The van der Waals surface area contributed by atoms with Gasteiger partial charge in [-0.05, 0) is 54.5 Å².